The maximum Gasteiger partial charge on any atom is 0.254 e. The van der Waals surface area contributed by atoms with Crippen molar-refractivity contribution in [3.8, 4) is 0 Å². The van der Waals surface area contributed by atoms with E-state index in [1.807, 2.05) is 23.1 Å². The summed E-state index contributed by atoms with van der Waals surface area (Å²) < 4.78 is 0. The lowest BCUT2D eigenvalue weighted by molar-refractivity contribution is 0.0217. The van der Waals surface area contributed by atoms with Crippen LogP contribution in [0.25, 0.3) is 0 Å². The number of benzene rings is 1. The molecule has 1 saturated carbocycles. The van der Waals surface area contributed by atoms with Gasteiger partial charge < -0.3 is 14.7 Å². The van der Waals surface area contributed by atoms with E-state index in [-0.39, 0.29) is 11.8 Å². The second kappa shape index (κ2) is 6.93. The van der Waals surface area contributed by atoms with Gasteiger partial charge in [0.1, 0.15) is 0 Å². The zero-order chi connectivity index (χ0) is 19.2. The van der Waals surface area contributed by atoms with Crippen molar-refractivity contribution in [1.29, 1.82) is 0 Å². The van der Waals surface area contributed by atoms with Crippen molar-refractivity contribution in [1.82, 2.24) is 14.7 Å². The van der Waals surface area contributed by atoms with Gasteiger partial charge >= 0.3 is 0 Å². The summed E-state index contributed by atoms with van der Waals surface area (Å²) in [6.07, 6.45) is 6.39. The Morgan fingerprint density at radius 1 is 1.26 bits per heavy atom. The predicted molar refractivity (Wildman–Crippen MR) is 106 cm³/mol. The van der Waals surface area contributed by atoms with Crippen LogP contribution in [0.2, 0.25) is 0 Å². The van der Waals surface area contributed by atoms with Gasteiger partial charge in [-0.3, -0.25) is 9.59 Å². The van der Waals surface area contributed by atoms with Crippen molar-refractivity contribution in [2.45, 2.75) is 38.6 Å². The van der Waals surface area contributed by atoms with Crippen molar-refractivity contribution >= 4 is 11.8 Å². The second-order valence-corrected chi connectivity index (χ2v) is 9.01. The number of piperidine rings is 1. The Labute approximate surface area is 162 Å². The topological polar surface area (TPSA) is 43.9 Å². The first-order chi connectivity index (χ1) is 12.9. The van der Waals surface area contributed by atoms with Crippen LogP contribution in [-0.4, -0.2) is 67.3 Å². The summed E-state index contributed by atoms with van der Waals surface area (Å²) in [7, 11) is 5.75. The molecule has 27 heavy (non-hydrogen) atoms. The van der Waals surface area contributed by atoms with Crippen LogP contribution in [0, 0.1) is 11.3 Å². The molecule has 4 rings (SSSR count). The number of hydrogen-bond acceptors (Lipinski definition) is 3. The zero-order valence-corrected chi connectivity index (χ0v) is 16.8. The molecule has 0 N–H and O–H groups in total. The highest BCUT2D eigenvalue weighted by Crippen LogP contribution is 2.49. The van der Waals surface area contributed by atoms with Crippen LogP contribution in [0.5, 0.6) is 0 Å². The number of amides is 2. The molecule has 2 aliphatic heterocycles. The maximum atomic E-state index is 13.1. The highest BCUT2D eigenvalue weighted by molar-refractivity contribution is 6.04. The van der Waals surface area contributed by atoms with E-state index in [1.54, 1.807) is 19.0 Å². The van der Waals surface area contributed by atoms with Crippen molar-refractivity contribution < 1.29 is 9.59 Å². The first kappa shape index (κ1) is 18.5. The van der Waals surface area contributed by atoms with Crippen molar-refractivity contribution in [3.05, 3.63) is 34.9 Å². The van der Waals surface area contributed by atoms with E-state index in [0.29, 0.717) is 23.4 Å². The number of carbonyl (C=O) groups excluding carboxylic acids is 2. The molecule has 5 nitrogen and oxygen atoms in total. The van der Waals surface area contributed by atoms with Gasteiger partial charge in [0.2, 0.25) is 0 Å². The highest BCUT2D eigenvalue weighted by Gasteiger charge is 2.46. The molecule has 5 heteroatoms. The molecule has 0 aromatic heterocycles. The number of likely N-dealkylation sites (tertiary alicyclic amines) is 1. The Morgan fingerprint density at radius 2 is 2.00 bits per heavy atom. The van der Waals surface area contributed by atoms with Crippen LogP contribution in [0.15, 0.2) is 18.2 Å². The summed E-state index contributed by atoms with van der Waals surface area (Å²) in [5, 5.41) is 0. The standard InChI is InChI=1S/C22H31N3O2/c1-23(2)20(26)17-7-6-8-18-19(17)14-25(21(18)27)13-16-9-12-24(3)15-22(16)10-4-5-11-22/h6-8,16H,4-5,9-15H2,1-3H3. The minimum Gasteiger partial charge on any atom is -0.345 e. The van der Waals surface area contributed by atoms with Crippen LogP contribution >= 0.6 is 0 Å². The van der Waals surface area contributed by atoms with E-state index in [4.69, 9.17) is 0 Å². The van der Waals surface area contributed by atoms with Gasteiger partial charge in [-0.15, -0.1) is 0 Å². The van der Waals surface area contributed by atoms with E-state index < -0.39 is 0 Å². The molecule has 2 fully saturated rings. The fourth-order valence-electron chi connectivity index (χ4n) is 5.60. The third-order valence-corrected chi connectivity index (χ3v) is 7.03. The lowest BCUT2D eigenvalue weighted by Crippen LogP contribution is -2.49. The number of fused-ring (bicyclic) bond motifs is 1. The van der Waals surface area contributed by atoms with Gasteiger partial charge in [0.15, 0.2) is 0 Å². The molecule has 0 bridgehead atoms. The number of carbonyl (C=O) groups is 2. The SMILES string of the molecule is CN1CCC(CN2Cc3c(C(=O)N(C)C)cccc3C2=O)C2(CCCC2)C1. The van der Waals surface area contributed by atoms with E-state index in [9.17, 15) is 9.59 Å². The summed E-state index contributed by atoms with van der Waals surface area (Å²) in [6.45, 7) is 3.69. The summed E-state index contributed by atoms with van der Waals surface area (Å²) in [6, 6.07) is 5.57. The van der Waals surface area contributed by atoms with Crippen LogP contribution in [0.3, 0.4) is 0 Å². The summed E-state index contributed by atoms with van der Waals surface area (Å²) in [5.74, 6) is 0.654. The smallest absolute Gasteiger partial charge is 0.254 e. The molecule has 1 unspecified atom stereocenters. The quantitative estimate of drug-likeness (QED) is 0.823. The minimum absolute atomic E-state index is 0.0203. The molecule has 1 aromatic rings. The first-order valence-corrected chi connectivity index (χ1v) is 10.2. The molecule has 1 saturated heterocycles. The van der Waals surface area contributed by atoms with Crippen LogP contribution in [0.4, 0.5) is 0 Å². The molecule has 1 atom stereocenters. The number of hydrogen-bond donors (Lipinski definition) is 0. The van der Waals surface area contributed by atoms with Gasteiger partial charge in [-0.05, 0) is 61.9 Å². The van der Waals surface area contributed by atoms with Gasteiger partial charge in [0.05, 0.1) is 0 Å². The molecule has 1 aliphatic carbocycles. The van der Waals surface area contributed by atoms with Crippen LogP contribution in [-0.2, 0) is 6.54 Å². The van der Waals surface area contributed by atoms with Crippen molar-refractivity contribution in [2.75, 3.05) is 40.8 Å². The van der Waals surface area contributed by atoms with Gasteiger partial charge in [-0.1, -0.05) is 18.9 Å². The Kier molecular flexibility index (Phi) is 4.75. The predicted octanol–water partition coefficient (Wildman–Crippen LogP) is 2.86. The van der Waals surface area contributed by atoms with E-state index in [0.717, 1.165) is 30.8 Å². The van der Waals surface area contributed by atoms with E-state index in [2.05, 4.69) is 11.9 Å². The molecular weight excluding hydrogens is 338 g/mol. The Morgan fingerprint density at radius 3 is 2.70 bits per heavy atom. The van der Waals surface area contributed by atoms with Gasteiger partial charge in [-0.2, -0.15) is 0 Å². The van der Waals surface area contributed by atoms with Crippen LogP contribution < -0.4 is 0 Å². The summed E-state index contributed by atoms with van der Waals surface area (Å²) >= 11 is 0. The van der Waals surface area contributed by atoms with Gasteiger partial charge in [0, 0.05) is 44.9 Å². The lowest BCUT2D eigenvalue weighted by atomic mass is 9.69. The number of rotatable bonds is 3. The normalized spacial score (nSPS) is 24.5. The third kappa shape index (κ3) is 3.16. The van der Waals surface area contributed by atoms with Crippen molar-refractivity contribution in [2.24, 2.45) is 11.3 Å². The molecule has 146 valence electrons. The fraction of sp³-hybridized carbons (Fsp3) is 0.636. The van der Waals surface area contributed by atoms with Gasteiger partial charge in [0.25, 0.3) is 11.8 Å². The third-order valence-electron chi connectivity index (χ3n) is 7.03. The molecule has 1 spiro atoms. The molecule has 0 radical (unpaired) electrons. The Balaban J connectivity index is 1.56. The van der Waals surface area contributed by atoms with Crippen LogP contribution in [0.1, 0.15) is 58.4 Å². The molecule has 2 heterocycles. The highest BCUT2D eigenvalue weighted by atomic mass is 16.2. The minimum atomic E-state index is -0.0203. The molecule has 3 aliphatic rings. The molecular formula is C22H31N3O2. The lowest BCUT2D eigenvalue weighted by Gasteiger charge is -2.46. The maximum absolute atomic E-state index is 13.1. The fourth-order valence-corrected chi connectivity index (χ4v) is 5.60. The Hall–Kier alpha value is -1.88. The Bertz CT molecular complexity index is 752. The van der Waals surface area contributed by atoms with Crippen molar-refractivity contribution in [3.63, 3.8) is 0 Å². The van der Waals surface area contributed by atoms with E-state index >= 15 is 0 Å². The molecule has 1 aromatic carbocycles. The zero-order valence-electron chi connectivity index (χ0n) is 16.8. The van der Waals surface area contributed by atoms with E-state index in [1.165, 1.54) is 32.1 Å². The first-order valence-electron chi connectivity index (χ1n) is 10.2. The average Bonchev–Trinajstić information content (AvgIpc) is 3.22. The monoisotopic (exact) mass is 369 g/mol. The second-order valence-electron chi connectivity index (χ2n) is 9.01. The molecule has 2 amide bonds. The summed E-state index contributed by atoms with van der Waals surface area (Å²) in [5.41, 5.74) is 2.68. The average molecular weight is 370 g/mol. The van der Waals surface area contributed by atoms with Gasteiger partial charge in [-0.25, -0.2) is 0 Å². The summed E-state index contributed by atoms with van der Waals surface area (Å²) in [4.78, 5) is 31.7. The largest absolute Gasteiger partial charge is 0.345 e. The number of nitrogens with zero attached hydrogens (tertiary/aromatic N) is 3.